The van der Waals surface area contributed by atoms with Gasteiger partial charge in [-0.3, -0.25) is 14.6 Å². The van der Waals surface area contributed by atoms with Gasteiger partial charge in [-0.1, -0.05) is 18.0 Å². The van der Waals surface area contributed by atoms with Gasteiger partial charge in [0.1, 0.15) is 29.5 Å². The summed E-state index contributed by atoms with van der Waals surface area (Å²) in [5.74, 6) is -0.718. The molecule has 1 heterocycles. The van der Waals surface area contributed by atoms with Crippen LogP contribution in [-0.4, -0.2) is 41.7 Å². The fourth-order valence-corrected chi connectivity index (χ4v) is 4.37. The summed E-state index contributed by atoms with van der Waals surface area (Å²) in [6, 6.07) is 11.2. The predicted molar refractivity (Wildman–Crippen MR) is 117 cm³/mol. The number of hydrogen-bond acceptors (Lipinski definition) is 4. The Morgan fingerprint density at radius 1 is 1.19 bits per heavy atom. The molecule has 1 saturated carbocycles. The molecule has 0 atom stereocenters. The molecule has 2 aromatic carbocycles. The normalized spacial score (nSPS) is 17.6. The van der Waals surface area contributed by atoms with Crippen LogP contribution in [0.1, 0.15) is 37.7 Å². The Hall–Kier alpha value is -2.93. The highest BCUT2D eigenvalue weighted by Crippen LogP contribution is 2.39. The predicted octanol–water partition coefficient (Wildman–Crippen LogP) is 4.42. The van der Waals surface area contributed by atoms with E-state index in [4.69, 9.17) is 21.3 Å². The van der Waals surface area contributed by atoms with Crippen molar-refractivity contribution in [2.45, 2.75) is 37.8 Å². The number of benzene rings is 2. The van der Waals surface area contributed by atoms with Gasteiger partial charge in [0.25, 0.3) is 5.91 Å². The average molecular weight is 444 g/mol. The molecule has 0 aromatic heterocycles. The molecule has 0 unspecified atom stereocenters. The Bertz CT molecular complexity index is 1030. The molecule has 0 bridgehead atoms. The van der Waals surface area contributed by atoms with Crippen molar-refractivity contribution in [3.05, 3.63) is 58.9 Å². The third-order valence-corrected chi connectivity index (χ3v) is 6.03. The van der Waals surface area contributed by atoms with E-state index in [2.05, 4.69) is 5.32 Å². The van der Waals surface area contributed by atoms with Gasteiger partial charge in [-0.15, -0.1) is 0 Å². The van der Waals surface area contributed by atoms with Crippen LogP contribution in [0.5, 0.6) is 5.75 Å². The van der Waals surface area contributed by atoms with Gasteiger partial charge in [-0.05, 0) is 68.1 Å². The largest absolute Gasteiger partial charge is 0.497 e. The zero-order chi connectivity index (χ0) is 22.0. The van der Waals surface area contributed by atoms with Crippen molar-refractivity contribution in [2.24, 2.45) is 4.99 Å². The molecule has 1 fully saturated rings. The zero-order valence-corrected chi connectivity index (χ0v) is 17.9. The van der Waals surface area contributed by atoms with Crippen molar-refractivity contribution in [3.8, 4) is 5.75 Å². The maximum atomic E-state index is 14.1. The third kappa shape index (κ3) is 4.28. The summed E-state index contributed by atoms with van der Waals surface area (Å²) < 4.78 is 19.3. The Labute approximate surface area is 185 Å². The monoisotopic (exact) mass is 443 g/mol. The number of hydrogen-bond donors (Lipinski definition) is 1. The highest BCUT2D eigenvalue weighted by molar-refractivity contribution is 6.47. The van der Waals surface area contributed by atoms with Gasteiger partial charge in [0.05, 0.1) is 12.8 Å². The zero-order valence-electron chi connectivity index (χ0n) is 17.2. The van der Waals surface area contributed by atoms with E-state index in [0.717, 1.165) is 25.3 Å². The Kier molecular flexibility index (Phi) is 5.96. The van der Waals surface area contributed by atoms with Crippen molar-refractivity contribution in [1.82, 2.24) is 4.90 Å². The van der Waals surface area contributed by atoms with Gasteiger partial charge >= 0.3 is 0 Å². The van der Waals surface area contributed by atoms with Gasteiger partial charge in [0.2, 0.25) is 5.91 Å². The summed E-state index contributed by atoms with van der Waals surface area (Å²) in [5, 5.41) is 2.78. The van der Waals surface area contributed by atoms with Crippen LogP contribution in [-0.2, 0) is 9.59 Å². The highest BCUT2D eigenvalue weighted by Gasteiger charge is 2.48. The van der Waals surface area contributed by atoms with Crippen molar-refractivity contribution < 1.29 is 18.7 Å². The molecule has 2 amide bonds. The van der Waals surface area contributed by atoms with Gasteiger partial charge in [0.15, 0.2) is 0 Å². The molecule has 2 aliphatic rings. The van der Waals surface area contributed by atoms with Gasteiger partial charge < -0.3 is 15.0 Å². The molecule has 31 heavy (non-hydrogen) atoms. The summed E-state index contributed by atoms with van der Waals surface area (Å²) in [6.07, 6.45) is 4.31. The minimum atomic E-state index is -0.736. The summed E-state index contributed by atoms with van der Waals surface area (Å²) in [5.41, 5.74) is 0.313. The number of anilines is 1. The summed E-state index contributed by atoms with van der Waals surface area (Å²) in [7, 11) is 1.58. The fourth-order valence-electron chi connectivity index (χ4n) is 4.21. The molecule has 2 aromatic rings. The number of amides is 2. The van der Waals surface area contributed by atoms with Crippen molar-refractivity contribution in [1.29, 1.82) is 0 Å². The number of rotatable bonds is 5. The smallest absolute Gasteiger partial charge is 0.275 e. The van der Waals surface area contributed by atoms with E-state index in [1.165, 1.54) is 17.0 Å². The molecular weight excluding hydrogens is 421 g/mol. The van der Waals surface area contributed by atoms with Crippen LogP contribution < -0.4 is 10.1 Å². The lowest BCUT2D eigenvalue weighted by atomic mass is 9.88. The molecule has 0 radical (unpaired) electrons. The number of carbonyl (C=O) groups is 2. The molecule has 6 nitrogen and oxygen atoms in total. The molecular formula is C23H23ClFN3O3. The molecule has 0 saturated heterocycles. The van der Waals surface area contributed by atoms with E-state index >= 15 is 0 Å². The second kappa shape index (κ2) is 8.67. The second-order valence-corrected chi connectivity index (χ2v) is 8.23. The Morgan fingerprint density at radius 3 is 2.55 bits per heavy atom. The lowest BCUT2D eigenvalue weighted by Crippen LogP contribution is -2.51. The van der Waals surface area contributed by atoms with E-state index in [1.807, 2.05) is 0 Å². The third-order valence-electron chi connectivity index (χ3n) is 5.79. The second-order valence-electron chi connectivity index (χ2n) is 7.80. The first-order chi connectivity index (χ1) is 14.9. The van der Waals surface area contributed by atoms with Crippen LogP contribution in [0.2, 0.25) is 5.02 Å². The summed E-state index contributed by atoms with van der Waals surface area (Å²) in [6.45, 7) is -0.204. The van der Waals surface area contributed by atoms with Crippen LogP contribution in [0.15, 0.2) is 47.5 Å². The molecule has 1 aliphatic carbocycles. The number of carbonyl (C=O) groups excluding carboxylic acids is 2. The Balaban J connectivity index is 1.58. The maximum absolute atomic E-state index is 14.1. The minimum absolute atomic E-state index is 0.0232. The van der Waals surface area contributed by atoms with E-state index in [-0.39, 0.29) is 23.2 Å². The summed E-state index contributed by atoms with van der Waals surface area (Å²) >= 11 is 5.77. The van der Waals surface area contributed by atoms with Crippen LogP contribution in [0, 0.1) is 5.82 Å². The Morgan fingerprint density at radius 2 is 1.90 bits per heavy atom. The lowest BCUT2D eigenvalue weighted by Gasteiger charge is -2.38. The highest BCUT2D eigenvalue weighted by atomic mass is 35.5. The number of ether oxygens (including phenoxy) is 1. The lowest BCUT2D eigenvalue weighted by molar-refractivity contribution is -0.134. The molecule has 1 N–H and O–H groups in total. The van der Waals surface area contributed by atoms with Crippen molar-refractivity contribution >= 4 is 34.8 Å². The van der Waals surface area contributed by atoms with Crippen LogP contribution >= 0.6 is 11.6 Å². The number of halogens is 2. The van der Waals surface area contributed by atoms with E-state index < -0.39 is 17.4 Å². The fraction of sp³-hybridized carbons (Fsp3) is 0.348. The average Bonchev–Trinajstić information content (AvgIpc) is 3.02. The minimum Gasteiger partial charge on any atom is -0.497 e. The van der Waals surface area contributed by atoms with Gasteiger partial charge in [-0.25, -0.2) is 4.39 Å². The van der Waals surface area contributed by atoms with Crippen LogP contribution in [0.3, 0.4) is 0 Å². The van der Waals surface area contributed by atoms with Gasteiger partial charge in [-0.2, -0.15) is 0 Å². The van der Waals surface area contributed by atoms with Crippen LogP contribution in [0.25, 0.3) is 0 Å². The quantitative estimate of drug-likeness (QED) is 0.743. The first-order valence-corrected chi connectivity index (χ1v) is 10.6. The molecule has 8 heteroatoms. The first kappa shape index (κ1) is 21.3. The topological polar surface area (TPSA) is 71.0 Å². The summed E-state index contributed by atoms with van der Waals surface area (Å²) in [4.78, 5) is 32.4. The maximum Gasteiger partial charge on any atom is 0.275 e. The number of nitrogens with one attached hydrogen (secondary N) is 1. The van der Waals surface area contributed by atoms with Crippen molar-refractivity contribution in [3.63, 3.8) is 0 Å². The number of nitrogens with zero attached hydrogens (tertiary/aromatic N) is 2. The molecule has 1 aliphatic heterocycles. The standard InChI is InChI=1S/C23H23ClFN3O3/c1-31-17-8-5-15(6-9-17)21-22(30)28(23(27-21)11-3-2-4-12-23)14-20(29)26-19-10-7-16(24)13-18(19)25/h5-10,13H,2-4,11-12,14H2,1H3,(H,26,29). The molecule has 4 rings (SSSR count). The van der Waals surface area contributed by atoms with Crippen molar-refractivity contribution in [2.75, 3.05) is 19.0 Å². The van der Waals surface area contributed by atoms with E-state index in [1.54, 1.807) is 31.4 Å². The molecule has 1 spiro atoms. The van der Waals surface area contributed by atoms with E-state index in [0.29, 0.717) is 29.9 Å². The van der Waals surface area contributed by atoms with Gasteiger partial charge in [0, 0.05) is 10.6 Å². The number of aliphatic imine (C=N–C) groups is 1. The first-order valence-electron chi connectivity index (χ1n) is 10.2. The molecule has 162 valence electrons. The SMILES string of the molecule is COc1ccc(C2=NC3(CCCCC3)N(CC(=O)Nc3ccc(Cl)cc3F)C2=O)cc1. The van der Waals surface area contributed by atoms with E-state index in [9.17, 15) is 14.0 Å². The number of methoxy groups -OCH3 is 1. The van der Waals surface area contributed by atoms with Crippen LogP contribution in [0.4, 0.5) is 10.1 Å².